The minimum atomic E-state index is -0.394. The maximum absolute atomic E-state index is 12.5. The number of ether oxygens (including phenoxy) is 1. The van der Waals surface area contributed by atoms with Crippen molar-refractivity contribution in [1.82, 2.24) is 14.9 Å². The first-order valence-electron chi connectivity index (χ1n) is 9.80. The number of aryl methyl sites for hydroxylation is 1. The lowest BCUT2D eigenvalue weighted by molar-refractivity contribution is -0.115. The van der Waals surface area contributed by atoms with E-state index in [0.29, 0.717) is 16.9 Å². The van der Waals surface area contributed by atoms with E-state index in [2.05, 4.69) is 29.4 Å². The first-order valence-corrected chi connectivity index (χ1v) is 10.7. The van der Waals surface area contributed by atoms with Gasteiger partial charge >= 0.3 is 0 Å². The van der Waals surface area contributed by atoms with Crippen molar-refractivity contribution in [2.45, 2.75) is 50.6 Å². The van der Waals surface area contributed by atoms with Crippen LogP contribution in [0.5, 0.6) is 5.75 Å². The van der Waals surface area contributed by atoms with E-state index in [1.807, 2.05) is 55.5 Å². The number of amides is 1. The number of carbonyl (C=O) groups is 1. The molecule has 1 atom stereocenters. The van der Waals surface area contributed by atoms with E-state index in [1.165, 1.54) is 22.0 Å². The van der Waals surface area contributed by atoms with Gasteiger partial charge in [0.2, 0.25) is 11.1 Å². The van der Waals surface area contributed by atoms with Gasteiger partial charge in [0.1, 0.15) is 12.4 Å². The number of benzene rings is 2. The Kier molecular flexibility index (Phi) is 6.99. The highest BCUT2D eigenvalue weighted by Gasteiger charge is 2.20. The Labute approximate surface area is 181 Å². The zero-order valence-electron chi connectivity index (χ0n) is 17.6. The molecule has 3 N–H and O–H groups in total. The van der Waals surface area contributed by atoms with Gasteiger partial charge in [0.25, 0.3) is 0 Å². The number of nitrogens with two attached hydrogens (primary N) is 1. The molecule has 2 aromatic carbocycles. The fraction of sp³-hybridized carbons (Fsp3) is 0.318. The largest absolute Gasteiger partial charge is 0.486 e. The summed E-state index contributed by atoms with van der Waals surface area (Å²) >= 11 is 1.25. The van der Waals surface area contributed by atoms with Gasteiger partial charge in [-0.15, -0.1) is 10.2 Å². The Morgan fingerprint density at radius 2 is 1.90 bits per heavy atom. The Bertz CT molecular complexity index is 1000. The van der Waals surface area contributed by atoms with Crippen LogP contribution < -0.4 is 15.9 Å². The first kappa shape index (κ1) is 21.7. The summed E-state index contributed by atoms with van der Waals surface area (Å²) in [4.78, 5) is 12.5. The maximum atomic E-state index is 12.5. The minimum Gasteiger partial charge on any atom is -0.486 e. The summed E-state index contributed by atoms with van der Waals surface area (Å²) in [5, 5.41) is 11.2. The van der Waals surface area contributed by atoms with Crippen LogP contribution in [0.4, 0.5) is 5.69 Å². The Hall–Kier alpha value is -3.00. The summed E-state index contributed by atoms with van der Waals surface area (Å²) in [6.45, 7) is 8.26. The van der Waals surface area contributed by atoms with Crippen molar-refractivity contribution in [2.24, 2.45) is 0 Å². The van der Waals surface area contributed by atoms with Crippen molar-refractivity contribution in [1.29, 1.82) is 0 Å². The summed E-state index contributed by atoms with van der Waals surface area (Å²) in [6, 6.07) is 15.6. The minimum absolute atomic E-state index is 0.128. The fourth-order valence-electron chi connectivity index (χ4n) is 2.76. The SMILES string of the molecule is Cc1cccc(NC(=O)[C@@H](C)Sc2nnc(COc3ccc(C(C)C)cc3)n2N)c1. The Morgan fingerprint density at radius 1 is 1.17 bits per heavy atom. The molecule has 0 aliphatic rings. The lowest BCUT2D eigenvalue weighted by Gasteiger charge is -2.12. The third-order valence-corrected chi connectivity index (χ3v) is 5.64. The van der Waals surface area contributed by atoms with Crippen molar-refractivity contribution in [3.05, 3.63) is 65.5 Å². The molecule has 7 nitrogen and oxygen atoms in total. The third-order valence-electron chi connectivity index (χ3n) is 4.59. The highest BCUT2D eigenvalue weighted by Crippen LogP contribution is 2.23. The van der Waals surface area contributed by atoms with Gasteiger partial charge < -0.3 is 15.9 Å². The summed E-state index contributed by atoms with van der Waals surface area (Å²) in [5.74, 6) is 7.67. The molecule has 0 spiro atoms. The van der Waals surface area contributed by atoms with Crippen molar-refractivity contribution in [3.8, 4) is 5.75 Å². The van der Waals surface area contributed by atoms with Gasteiger partial charge in [-0.3, -0.25) is 4.79 Å². The number of anilines is 1. The molecule has 1 amide bonds. The number of thioether (sulfide) groups is 1. The molecule has 0 saturated heterocycles. The molecule has 8 heteroatoms. The molecule has 3 aromatic rings. The zero-order chi connectivity index (χ0) is 21.7. The number of carbonyl (C=O) groups excluding carboxylic acids is 1. The molecule has 0 fully saturated rings. The van der Waals surface area contributed by atoms with Gasteiger partial charge in [-0.25, -0.2) is 4.68 Å². The molecule has 0 aliphatic heterocycles. The second kappa shape index (κ2) is 9.67. The number of nitrogens with one attached hydrogen (secondary N) is 1. The lowest BCUT2D eigenvalue weighted by atomic mass is 10.0. The van der Waals surface area contributed by atoms with Crippen molar-refractivity contribution in [3.63, 3.8) is 0 Å². The summed E-state index contributed by atoms with van der Waals surface area (Å²) in [6.07, 6.45) is 0. The number of hydrogen-bond donors (Lipinski definition) is 2. The second-order valence-electron chi connectivity index (χ2n) is 7.40. The van der Waals surface area contributed by atoms with Crippen LogP contribution in [0, 0.1) is 6.92 Å². The van der Waals surface area contributed by atoms with Crippen molar-refractivity contribution >= 4 is 23.4 Å². The number of nitrogens with zero attached hydrogens (tertiary/aromatic N) is 3. The van der Waals surface area contributed by atoms with Crippen molar-refractivity contribution < 1.29 is 9.53 Å². The standard InChI is InChI=1S/C22H27N5O2S/c1-14(2)17-8-10-19(11-9-17)29-13-20-25-26-22(27(20)23)30-16(4)21(28)24-18-7-5-6-15(3)12-18/h5-12,14,16H,13,23H2,1-4H3,(H,24,28)/t16-/m1/s1. The smallest absolute Gasteiger partial charge is 0.237 e. The van der Waals surface area contributed by atoms with Gasteiger partial charge in [-0.1, -0.05) is 49.9 Å². The highest BCUT2D eigenvalue weighted by atomic mass is 32.2. The predicted molar refractivity (Wildman–Crippen MR) is 120 cm³/mol. The molecule has 0 radical (unpaired) electrons. The van der Waals surface area contributed by atoms with E-state index in [-0.39, 0.29) is 12.5 Å². The van der Waals surface area contributed by atoms with Gasteiger partial charge in [0, 0.05) is 5.69 Å². The van der Waals surface area contributed by atoms with E-state index < -0.39 is 5.25 Å². The van der Waals surface area contributed by atoms with Crippen molar-refractivity contribution in [2.75, 3.05) is 11.2 Å². The van der Waals surface area contributed by atoms with Crippen LogP contribution in [0.1, 0.15) is 43.6 Å². The predicted octanol–water partition coefficient (Wildman–Crippen LogP) is 4.12. The van der Waals surface area contributed by atoms with Gasteiger partial charge in [-0.2, -0.15) is 0 Å². The van der Waals surface area contributed by atoms with Crippen LogP contribution in [-0.4, -0.2) is 26.0 Å². The molecule has 1 aromatic heterocycles. The number of aromatic nitrogens is 3. The van der Waals surface area contributed by atoms with E-state index in [0.717, 1.165) is 17.0 Å². The van der Waals surface area contributed by atoms with Crippen LogP contribution in [-0.2, 0) is 11.4 Å². The normalized spacial score (nSPS) is 12.0. The number of rotatable bonds is 8. The molecule has 3 rings (SSSR count). The fourth-order valence-corrected chi connectivity index (χ4v) is 3.55. The second-order valence-corrected chi connectivity index (χ2v) is 8.71. The molecule has 158 valence electrons. The summed E-state index contributed by atoms with van der Waals surface area (Å²) in [5.41, 5.74) is 3.10. The van der Waals surface area contributed by atoms with Crippen LogP contribution in [0.3, 0.4) is 0 Å². The van der Waals surface area contributed by atoms with Gasteiger partial charge in [0.15, 0.2) is 5.82 Å². The first-order chi connectivity index (χ1) is 14.3. The summed E-state index contributed by atoms with van der Waals surface area (Å²) < 4.78 is 7.14. The molecule has 0 unspecified atom stereocenters. The average molecular weight is 426 g/mol. The zero-order valence-corrected chi connectivity index (χ0v) is 18.4. The number of nitrogen functional groups attached to an aromatic ring is 1. The van der Waals surface area contributed by atoms with E-state index in [1.54, 1.807) is 6.92 Å². The van der Waals surface area contributed by atoms with Gasteiger partial charge in [0.05, 0.1) is 5.25 Å². The maximum Gasteiger partial charge on any atom is 0.237 e. The van der Waals surface area contributed by atoms with Crippen LogP contribution in [0.25, 0.3) is 0 Å². The molecule has 0 saturated carbocycles. The van der Waals surface area contributed by atoms with E-state index >= 15 is 0 Å². The quantitative estimate of drug-likeness (QED) is 0.416. The van der Waals surface area contributed by atoms with Crippen LogP contribution >= 0.6 is 11.8 Å². The van der Waals surface area contributed by atoms with Crippen LogP contribution in [0.15, 0.2) is 53.7 Å². The van der Waals surface area contributed by atoms with Gasteiger partial charge in [-0.05, 0) is 55.2 Å². The lowest BCUT2D eigenvalue weighted by Crippen LogP contribution is -2.24. The van der Waals surface area contributed by atoms with E-state index in [9.17, 15) is 4.79 Å². The third kappa shape index (κ3) is 5.54. The molecule has 30 heavy (non-hydrogen) atoms. The molecule has 0 aliphatic carbocycles. The molecular weight excluding hydrogens is 398 g/mol. The van der Waals surface area contributed by atoms with Crippen LogP contribution in [0.2, 0.25) is 0 Å². The molecule has 1 heterocycles. The molecule has 0 bridgehead atoms. The highest BCUT2D eigenvalue weighted by molar-refractivity contribution is 8.00. The van der Waals surface area contributed by atoms with E-state index in [4.69, 9.17) is 10.6 Å². The average Bonchev–Trinajstić information content (AvgIpc) is 3.06. The summed E-state index contributed by atoms with van der Waals surface area (Å²) in [7, 11) is 0. The topological polar surface area (TPSA) is 95.1 Å². The molecular formula is C22H27N5O2S. The Morgan fingerprint density at radius 3 is 2.57 bits per heavy atom. The Balaban J connectivity index is 1.57. The number of hydrogen-bond acceptors (Lipinski definition) is 6. The monoisotopic (exact) mass is 425 g/mol.